The first-order chi connectivity index (χ1) is 19.4. The summed E-state index contributed by atoms with van der Waals surface area (Å²) in [5, 5.41) is 13.5. The second-order valence-corrected chi connectivity index (χ2v) is 10.7. The highest BCUT2D eigenvalue weighted by molar-refractivity contribution is 6.12. The van der Waals surface area contributed by atoms with Gasteiger partial charge >= 0.3 is 6.09 Å². The van der Waals surface area contributed by atoms with Crippen molar-refractivity contribution in [1.82, 2.24) is 14.7 Å². The van der Waals surface area contributed by atoms with E-state index in [-0.39, 0.29) is 30.0 Å². The molecule has 0 aliphatic carbocycles. The van der Waals surface area contributed by atoms with Crippen molar-refractivity contribution in [3.63, 3.8) is 0 Å². The maximum Gasteiger partial charge on any atom is 0.415 e. The summed E-state index contributed by atoms with van der Waals surface area (Å²) in [6, 6.07) is 10.7. The third kappa shape index (κ3) is 6.55. The molecular formula is C31H35FN4O5. The Kier molecular flexibility index (Phi) is 8.74. The second-order valence-electron chi connectivity index (χ2n) is 10.7. The van der Waals surface area contributed by atoms with Crippen LogP contribution in [-0.2, 0) is 16.0 Å². The molecule has 2 aromatic heterocycles. The molecule has 0 fully saturated rings. The van der Waals surface area contributed by atoms with Gasteiger partial charge in [-0.1, -0.05) is 12.1 Å². The predicted molar refractivity (Wildman–Crippen MR) is 155 cm³/mol. The van der Waals surface area contributed by atoms with Gasteiger partial charge in [-0.2, -0.15) is 0 Å². The molecule has 0 saturated carbocycles. The van der Waals surface area contributed by atoms with E-state index < -0.39 is 23.3 Å². The largest absolute Gasteiger partial charge is 0.507 e. The van der Waals surface area contributed by atoms with Gasteiger partial charge < -0.3 is 19.9 Å². The summed E-state index contributed by atoms with van der Waals surface area (Å²) >= 11 is 0. The number of aryl methyl sites for hydroxylation is 1. The summed E-state index contributed by atoms with van der Waals surface area (Å²) in [6.07, 6.45) is 2.60. The van der Waals surface area contributed by atoms with E-state index in [1.807, 2.05) is 32.2 Å². The number of hydrogen-bond donors (Lipinski definition) is 2. The minimum Gasteiger partial charge on any atom is -0.507 e. The Morgan fingerprint density at radius 1 is 1.15 bits per heavy atom. The van der Waals surface area contributed by atoms with Crippen LogP contribution in [0.2, 0.25) is 0 Å². The molecule has 4 rings (SSSR count). The van der Waals surface area contributed by atoms with Gasteiger partial charge in [-0.05, 0) is 76.2 Å². The molecule has 0 saturated heterocycles. The highest BCUT2D eigenvalue weighted by Gasteiger charge is 2.28. The zero-order valence-corrected chi connectivity index (χ0v) is 24.1. The second kappa shape index (κ2) is 12.1. The number of methoxy groups -OCH3 is 1. The number of nitrogens with zero attached hydrogens (tertiary/aromatic N) is 3. The highest BCUT2D eigenvalue weighted by Crippen LogP contribution is 2.32. The van der Waals surface area contributed by atoms with Gasteiger partial charge in [0, 0.05) is 31.0 Å². The van der Waals surface area contributed by atoms with Crippen molar-refractivity contribution in [3.05, 3.63) is 82.9 Å². The van der Waals surface area contributed by atoms with Crippen LogP contribution in [0.4, 0.5) is 14.9 Å². The number of benzene rings is 2. The van der Waals surface area contributed by atoms with E-state index in [2.05, 4.69) is 10.3 Å². The number of amides is 1. The normalized spacial score (nSPS) is 11.6. The van der Waals surface area contributed by atoms with Crippen molar-refractivity contribution in [2.24, 2.45) is 0 Å². The molecule has 41 heavy (non-hydrogen) atoms. The van der Waals surface area contributed by atoms with Crippen LogP contribution < -0.4 is 10.2 Å². The number of hydrogen-bond acceptors (Lipinski definition) is 7. The van der Waals surface area contributed by atoms with Crippen LogP contribution in [0.3, 0.4) is 0 Å². The van der Waals surface area contributed by atoms with Crippen molar-refractivity contribution in [3.8, 4) is 17.0 Å². The Labute approximate surface area is 238 Å². The first-order valence-corrected chi connectivity index (χ1v) is 13.2. The van der Waals surface area contributed by atoms with Gasteiger partial charge in [0.1, 0.15) is 17.2 Å². The smallest absolute Gasteiger partial charge is 0.415 e. The van der Waals surface area contributed by atoms with E-state index in [0.717, 1.165) is 34.9 Å². The molecule has 0 spiro atoms. The van der Waals surface area contributed by atoms with Crippen LogP contribution in [0.25, 0.3) is 16.9 Å². The van der Waals surface area contributed by atoms with Gasteiger partial charge in [0.25, 0.3) is 0 Å². The van der Waals surface area contributed by atoms with Crippen molar-refractivity contribution >= 4 is 23.2 Å². The molecule has 0 bridgehead atoms. The summed E-state index contributed by atoms with van der Waals surface area (Å²) < 4.78 is 26.7. The lowest BCUT2D eigenvalue weighted by molar-refractivity contribution is 0.0569. The average Bonchev–Trinajstić information content (AvgIpc) is 3.34. The number of aromatic nitrogens is 2. The Bertz CT molecular complexity index is 1590. The molecule has 0 atom stereocenters. The molecule has 0 radical (unpaired) electrons. The predicted octanol–water partition coefficient (Wildman–Crippen LogP) is 5.49. The minimum atomic E-state index is -0.785. The van der Waals surface area contributed by atoms with E-state index in [1.54, 1.807) is 37.6 Å². The maximum atomic E-state index is 14.1. The fraction of sp³-hybridized carbons (Fsp3) is 0.323. The number of rotatable bonds is 9. The van der Waals surface area contributed by atoms with Crippen LogP contribution in [0.15, 0.2) is 54.9 Å². The first kappa shape index (κ1) is 29.7. The third-order valence-electron chi connectivity index (χ3n) is 6.48. The zero-order chi connectivity index (χ0) is 29.9. The molecule has 4 aromatic rings. The van der Waals surface area contributed by atoms with Gasteiger partial charge in [0.05, 0.1) is 36.3 Å². The molecule has 0 aliphatic heterocycles. The van der Waals surface area contributed by atoms with Crippen molar-refractivity contribution in [1.29, 1.82) is 0 Å². The van der Waals surface area contributed by atoms with Crippen LogP contribution >= 0.6 is 0 Å². The van der Waals surface area contributed by atoms with Gasteiger partial charge in [-0.3, -0.25) is 14.1 Å². The topological polar surface area (TPSA) is 105 Å². The zero-order valence-electron chi connectivity index (χ0n) is 24.1. The Morgan fingerprint density at radius 2 is 1.90 bits per heavy atom. The van der Waals surface area contributed by atoms with Crippen molar-refractivity contribution < 1.29 is 28.6 Å². The lowest BCUT2D eigenvalue weighted by atomic mass is 10.0. The molecule has 2 aromatic carbocycles. The maximum absolute atomic E-state index is 14.1. The van der Waals surface area contributed by atoms with Gasteiger partial charge in [-0.25, -0.2) is 14.2 Å². The Morgan fingerprint density at radius 3 is 2.56 bits per heavy atom. The lowest BCUT2D eigenvalue weighted by Gasteiger charge is -2.28. The molecular weight excluding hydrogens is 527 g/mol. The number of imidazole rings is 1. The van der Waals surface area contributed by atoms with Gasteiger partial charge in [0.15, 0.2) is 11.4 Å². The van der Waals surface area contributed by atoms with Crippen LogP contribution in [0.5, 0.6) is 5.75 Å². The fourth-order valence-electron chi connectivity index (χ4n) is 4.50. The monoisotopic (exact) mass is 562 g/mol. The number of ether oxygens (including phenoxy) is 2. The SMILES string of the molecule is CNCc1ccc(-c2cnc3c(N(CCOC)C(=O)OC(C)(C)C)cc(C(=O)c4cc(F)ccc4O)cn23)cc1C. The van der Waals surface area contributed by atoms with Gasteiger partial charge in [0.2, 0.25) is 0 Å². The van der Waals surface area contributed by atoms with E-state index >= 15 is 0 Å². The highest BCUT2D eigenvalue weighted by atomic mass is 19.1. The van der Waals surface area contributed by atoms with E-state index in [0.29, 0.717) is 23.6 Å². The fourth-order valence-corrected chi connectivity index (χ4v) is 4.50. The number of phenolic OH excluding ortho intramolecular Hbond substituents is 1. The summed E-state index contributed by atoms with van der Waals surface area (Å²) in [6.45, 7) is 8.31. The number of aromatic hydroxyl groups is 1. The number of nitrogens with one attached hydrogen (secondary N) is 1. The lowest BCUT2D eigenvalue weighted by Crippen LogP contribution is -2.39. The molecule has 1 amide bonds. The number of pyridine rings is 1. The van der Waals surface area contributed by atoms with Crippen LogP contribution in [-0.4, -0.2) is 59.3 Å². The van der Waals surface area contributed by atoms with Crippen LogP contribution in [0.1, 0.15) is 47.8 Å². The van der Waals surface area contributed by atoms with E-state index in [1.165, 1.54) is 18.1 Å². The number of anilines is 1. The van der Waals surface area contributed by atoms with Crippen molar-refractivity contribution in [2.75, 3.05) is 32.2 Å². The number of ketones is 1. The Hall–Kier alpha value is -4.28. The number of halogens is 1. The summed E-state index contributed by atoms with van der Waals surface area (Å²) in [7, 11) is 3.40. The molecule has 9 nitrogen and oxygen atoms in total. The number of carbonyl (C=O) groups excluding carboxylic acids is 2. The standard InChI is InChI=1S/C31H35FN4O5/c1-19-13-20(7-8-21(19)16-33-5)26-17-34-29-25(35(11-12-40-6)30(39)41-31(2,3)4)14-22(18-36(26)29)28(38)24-15-23(32)9-10-27(24)37/h7-10,13-15,17-18,33,37H,11-12,16H2,1-6H3. The quantitative estimate of drug-likeness (QED) is 0.260. The summed E-state index contributed by atoms with van der Waals surface area (Å²) in [5.74, 6) is -1.65. The summed E-state index contributed by atoms with van der Waals surface area (Å²) in [5.41, 5.74) is 3.55. The van der Waals surface area contributed by atoms with E-state index in [4.69, 9.17) is 9.47 Å². The third-order valence-corrected chi connectivity index (χ3v) is 6.48. The molecule has 0 aliphatic rings. The molecule has 2 N–H and O–H groups in total. The van der Waals surface area contributed by atoms with Crippen molar-refractivity contribution in [2.45, 2.75) is 39.8 Å². The Balaban J connectivity index is 1.96. The number of phenols is 1. The molecule has 10 heteroatoms. The van der Waals surface area contributed by atoms with E-state index in [9.17, 15) is 19.1 Å². The molecule has 2 heterocycles. The minimum absolute atomic E-state index is 0.113. The number of carbonyl (C=O) groups is 2. The van der Waals surface area contributed by atoms with Gasteiger partial charge in [-0.15, -0.1) is 0 Å². The molecule has 0 unspecified atom stereocenters. The molecule has 216 valence electrons. The first-order valence-electron chi connectivity index (χ1n) is 13.2. The number of fused-ring (bicyclic) bond motifs is 1. The summed E-state index contributed by atoms with van der Waals surface area (Å²) in [4.78, 5) is 33.1. The van der Waals surface area contributed by atoms with Crippen LogP contribution in [0, 0.1) is 12.7 Å². The average molecular weight is 563 g/mol.